The lowest BCUT2D eigenvalue weighted by atomic mass is 10.1. The molecule has 4 aromatic rings. The van der Waals surface area contributed by atoms with Crippen LogP contribution in [-0.4, -0.2) is 10.2 Å². The molecule has 0 aliphatic carbocycles. The lowest BCUT2D eigenvalue weighted by Crippen LogP contribution is -2.28. The average molecular weight is 811 g/mol. The highest BCUT2D eigenvalue weighted by atomic mass is 32.1. The molecule has 0 atom stereocenters. The Morgan fingerprint density at radius 2 is 0.778 bits per heavy atom. The molecule has 0 bridgehead atoms. The van der Waals surface area contributed by atoms with Crippen molar-refractivity contribution >= 4 is 57.4 Å². The van der Waals surface area contributed by atoms with E-state index in [0.717, 1.165) is 0 Å². The molecule has 54 heavy (non-hydrogen) atoms. The zero-order valence-corrected chi connectivity index (χ0v) is 29.2. The average Bonchev–Trinajstić information content (AvgIpc) is 3.05. The van der Waals surface area contributed by atoms with Crippen LogP contribution < -0.4 is 21.3 Å². The topological polar surface area (TPSA) is 72.8 Å². The Hall–Kier alpha value is -4.98. The summed E-state index contributed by atoms with van der Waals surface area (Å²) in [6.45, 7) is 3.50. The molecule has 4 rings (SSSR count). The number of rotatable bonds is 8. The van der Waals surface area contributed by atoms with Crippen LogP contribution in [0.25, 0.3) is 0 Å². The zero-order chi connectivity index (χ0) is 40.2. The second-order valence-electron chi connectivity index (χ2n) is 11.6. The Morgan fingerprint density at radius 1 is 0.481 bits per heavy atom. The normalized spacial score (nSPS) is 12.5. The molecule has 0 saturated carbocycles. The molecule has 0 radical (unpaired) electrons. The van der Waals surface area contributed by atoms with Crippen LogP contribution in [0.3, 0.4) is 0 Å². The van der Waals surface area contributed by atoms with Gasteiger partial charge in [0, 0.05) is 24.5 Å². The van der Waals surface area contributed by atoms with Gasteiger partial charge in [0.05, 0.1) is 33.6 Å². The van der Waals surface area contributed by atoms with Crippen LogP contribution >= 0.6 is 24.4 Å². The first-order valence-corrected chi connectivity index (χ1v) is 16.0. The van der Waals surface area contributed by atoms with E-state index in [1.54, 1.807) is 50.2 Å². The second kappa shape index (κ2) is 16.2. The summed E-state index contributed by atoms with van der Waals surface area (Å²) in [6, 6.07) is 12.0. The number of halogens is 12. The van der Waals surface area contributed by atoms with Crippen LogP contribution in [0.1, 0.15) is 44.5 Å². The smallest absolute Gasteiger partial charge is 0.358 e. The maximum absolute atomic E-state index is 13.2. The lowest BCUT2D eigenvalue weighted by molar-refractivity contribution is -0.144. The van der Waals surface area contributed by atoms with Gasteiger partial charge in [-0.15, -0.1) is 0 Å². The third kappa shape index (κ3) is 11.8. The van der Waals surface area contributed by atoms with Gasteiger partial charge >= 0.3 is 24.7 Å². The van der Waals surface area contributed by atoms with Gasteiger partial charge in [-0.2, -0.15) is 62.9 Å². The van der Waals surface area contributed by atoms with Crippen LogP contribution in [0.2, 0.25) is 0 Å². The van der Waals surface area contributed by atoms with E-state index in [4.69, 9.17) is 24.4 Å². The van der Waals surface area contributed by atoms with E-state index in [1.165, 1.54) is 0 Å². The predicted molar refractivity (Wildman–Crippen MR) is 186 cm³/mol. The van der Waals surface area contributed by atoms with Gasteiger partial charge in [0.1, 0.15) is 0 Å². The van der Waals surface area contributed by atoms with Crippen LogP contribution in [0.15, 0.2) is 83.0 Å². The maximum Gasteiger partial charge on any atom is 0.416 e. The molecule has 0 aliphatic heterocycles. The quantitative estimate of drug-likeness (QED) is 0.0807. The molecule has 288 valence electrons. The summed E-state index contributed by atoms with van der Waals surface area (Å²) in [7, 11) is 0. The van der Waals surface area contributed by atoms with Gasteiger partial charge in [-0.25, -0.2) is 0 Å². The number of alkyl halides is 12. The Bertz CT molecular complexity index is 1850. The minimum absolute atomic E-state index is 0.000542. The Kier molecular flexibility index (Phi) is 12.5. The minimum Gasteiger partial charge on any atom is -0.358 e. The second-order valence-corrected chi connectivity index (χ2v) is 12.5. The van der Waals surface area contributed by atoms with Crippen molar-refractivity contribution in [3.63, 3.8) is 0 Å². The van der Waals surface area contributed by atoms with E-state index in [9.17, 15) is 52.7 Å². The number of benzene rings is 4. The van der Waals surface area contributed by atoms with Gasteiger partial charge in [0.25, 0.3) is 0 Å². The van der Waals surface area contributed by atoms with Crippen LogP contribution in [-0.2, 0) is 37.8 Å². The highest BCUT2D eigenvalue weighted by Crippen LogP contribution is 2.39. The summed E-state index contributed by atoms with van der Waals surface area (Å²) < 4.78 is 159. The van der Waals surface area contributed by atoms with Gasteiger partial charge < -0.3 is 21.3 Å². The maximum atomic E-state index is 13.2. The molecule has 0 unspecified atom stereocenters. The number of azo groups is 1. The van der Waals surface area contributed by atoms with Gasteiger partial charge in [-0.1, -0.05) is 24.3 Å². The summed E-state index contributed by atoms with van der Waals surface area (Å²) >= 11 is 10.2. The number of nitrogens with one attached hydrogen (secondary N) is 4. The fourth-order valence-electron chi connectivity index (χ4n) is 4.62. The SMILES string of the molecule is Cc1ccc(CNC(=S)Nc2cc(C(F)(F)F)cc(C(F)(F)F)c2)cc1N=Nc1cc(CNC(=S)Nc2cc(C(F)(F)F)cc(C(F)(F)F)c2)ccc1C. The fraction of sp³-hybridized carbons (Fsp3) is 0.235. The van der Waals surface area contributed by atoms with E-state index in [-0.39, 0.29) is 35.4 Å². The van der Waals surface area contributed by atoms with Gasteiger partial charge in [-0.3, -0.25) is 0 Å². The van der Waals surface area contributed by atoms with Crippen molar-refractivity contribution in [3.8, 4) is 0 Å². The fourth-order valence-corrected chi connectivity index (χ4v) is 5.00. The van der Waals surface area contributed by atoms with Crippen LogP contribution in [0, 0.1) is 13.8 Å². The van der Waals surface area contributed by atoms with Gasteiger partial charge in [0.2, 0.25) is 0 Å². The van der Waals surface area contributed by atoms with Crippen molar-refractivity contribution in [2.75, 3.05) is 10.6 Å². The molecule has 0 spiro atoms. The molecule has 20 heteroatoms. The zero-order valence-electron chi connectivity index (χ0n) is 27.6. The van der Waals surface area contributed by atoms with Crippen molar-refractivity contribution in [1.29, 1.82) is 0 Å². The first-order valence-electron chi connectivity index (χ1n) is 15.2. The van der Waals surface area contributed by atoms with E-state index >= 15 is 0 Å². The number of nitrogens with zero attached hydrogens (tertiary/aromatic N) is 2. The molecular weight excluding hydrogens is 785 g/mol. The molecular formula is C34H26F12N6S2. The van der Waals surface area contributed by atoms with E-state index in [1.807, 2.05) is 0 Å². The number of anilines is 2. The number of thiocarbonyl (C=S) groups is 2. The first-order chi connectivity index (χ1) is 24.9. The Labute approximate surface area is 310 Å². The van der Waals surface area contributed by atoms with Crippen molar-refractivity contribution in [2.45, 2.75) is 51.6 Å². The van der Waals surface area contributed by atoms with Crippen LogP contribution in [0.4, 0.5) is 75.4 Å². The molecule has 0 amide bonds. The summed E-state index contributed by atoms with van der Waals surface area (Å²) in [5.74, 6) is 0. The summed E-state index contributed by atoms with van der Waals surface area (Å²) in [6.07, 6.45) is -20.1. The lowest BCUT2D eigenvalue weighted by Gasteiger charge is -2.16. The first kappa shape index (κ1) is 41.8. The molecule has 6 nitrogen and oxygen atoms in total. The number of hydrogen-bond donors (Lipinski definition) is 4. The molecule has 4 N–H and O–H groups in total. The molecule has 0 aromatic heterocycles. The summed E-state index contributed by atoms with van der Waals surface area (Å²) in [5, 5.41) is 18.2. The van der Waals surface area contributed by atoms with Gasteiger partial charge in [0.15, 0.2) is 10.2 Å². The minimum atomic E-state index is -5.03. The molecule has 0 fully saturated rings. The van der Waals surface area contributed by atoms with Crippen LogP contribution in [0.5, 0.6) is 0 Å². The third-order valence-corrected chi connectivity index (χ3v) is 7.90. The van der Waals surface area contributed by atoms with E-state index in [0.29, 0.717) is 57.9 Å². The van der Waals surface area contributed by atoms with Gasteiger partial charge in [-0.05, 0) is 109 Å². The summed E-state index contributed by atoms with van der Waals surface area (Å²) in [5.41, 5.74) is -3.69. The highest BCUT2D eigenvalue weighted by Gasteiger charge is 2.38. The molecule has 0 saturated heterocycles. The molecule has 0 aliphatic rings. The third-order valence-electron chi connectivity index (χ3n) is 7.41. The number of aryl methyl sites for hydroxylation is 2. The Balaban J connectivity index is 1.41. The molecule has 4 aromatic carbocycles. The van der Waals surface area contributed by atoms with E-state index in [2.05, 4.69) is 31.5 Å². The summed E-state index contributed by atoms with van der Waals surface area (Å²) in [4.78, 5) is 0. The largest absolute Gasteiger partial charge is 0.416 e. The van der Waals surface area contributed by atoms with Crippen molar-refractivity contribution in [1.82, 2.24) is 10.6 Å². The Morgan fingerprint density at radius 3 is 1.06 bits per heavy atom. The highest BCUT2D eigenvalue weighted by molar-refractivity contribution is 7.80. The molecule has 0 heterocycles. The number of hydrogen-bond acceptors (Lipinski definition) is 4. The standard InChI is InChI=1S/C34H26F12N6S2/c1-17-3-5-19(15-47-29(53)49-25-11-21(31(35,36)37)9-22(12-25)32(38,39)40)7-27(17)51-52-28-8-20(6-4-18(28)2)16-48-30(54)50-26-13-23(33(41,42)43)10-24(14-26)34(44,45)46/h3-14H,15-16H2,1-2H3,(H2,47,49,53)(H2,48,50,54). The predicted octanol–water partition coefficient (Wildman–Crippen LogP) is 11.8. The van der Waals surface area contributed by atoms with E-state index < -0.39 is 58.3 Å². The van der Waals surface area contributed by atoms with Crippen molar-refractivity contribution in [3.05, 3.63) is 117 Å². The van der Waals surface area contributed by atoms with Crippen molar-refractivity contribution < 1.29 is 52.7 Å². The monoisotopic (exact) mass is 810 g/mol. The van der Waals surface area contributed by atoms with Crippen molar-refractivity contribution in [2.24, 2.45) is 10.2 Å².